The molecule has 0 atom stereocenters. The van der Waals surface area contributed by atoms with Crippen LogP contribution in [0, 0.1) is 0 Å². The molecule has 0 saturated carbocycles. The fourth-order valence-corrected chi connectivity index (χ4v) is 3.20. The van der Waals surface area contributed by atoms with Gasteiger partial charge in [0.25, 0.3) is 5.88 Å². The van der Waals surface area contributed by atoms with Crippen molar-refractivity contribution >= 4 is 28.5 Å². The lowest BCUT2D eigenvalue weighted by molar-refractivity contribution is -0.132. The number of aromatic hydroxyl groups is 1. The van der Waals surface area contributed by atoms with Gasteiger partial charge in [-0.3, -0.25) is 14.5 Å². The van der Waals surface area contributed by atoms with Crippen molar-refractivity contribution in [1.82, 2.24) is 0 Å². The van der Waals surface area contributed by atoms with E-state index in [0.717, 1.165) is 10.8 Å². The molecule has 1 N–H and O–H groups in total. The van der Waals surface area contributed by atoms with Gasteiger partial charge >= 0.3 is 5.97 Å². The van der Waals surface area contributed by atoms with Crippen molar-refractivity contribution in [3.05, 3.63) is 42.5 Å². The molecule has 6 heteroatoms. The van der Waals surface area contributed by atoms with E-state index in [9.17, 15) is 14.7 Å². The minimum absolute atomic E-state index is 0.0726. The SMILES string of the molecule is CC(=O)Oc1c(N2CCCC2=O)oc(-c2ccc3ccccc3c2)c1O. The summed E-state index contributed by atoms with van der Waals surface area (Å²) in [5.41, 5.74) is 0.632. The van der Waals surface area contributed by atoms with Gasteiger partial charge in [0.05, 0.1) is 0 Å². The molecule has 0 aliphatic carbocycles. The molecule has 26 heavy (non-hydrogen) atoms. The van der Waals surface area contributed by atoms with Crippen LogP contribution in [0.5, 0.6) is 11.5 Å². The van der Waals surface area contributed by atoms with Crippen molar-refractivity contribution in [2.75, 3.05) is 11.4 Å². The Morgan fingerprint density at radius 1 is 1.19 bits per heavy atom. The fourth-order valence-electron chi connectivity index (χ4n) is 3.20. The molecular weight excluding hydrogens is 334 g/mol. The largest absolute Gasteiger partial charge is 0.502 e. The monoisotopic (exact) mass is 351 g/mol. The molecule has 4 rings (SSSR count). The molecular formula is C20H17NO5. The van der Waals surface area contributed by atoms with Gasteiger partial charge in [0.2, 0.25) is 17.4 Å². The Balaban J connectivity index is 1.86. The van der Waals surface area contributed by atoms with E-state index in [0.29, 0.717) is 24.9 Å². The van der Waals surface area contributed by atoms with Crippen LogP contribution in [0.2, 0.25) is 0 Å². The molecule has 6 nitrogen and oxygen atoms in total. The Kier molecular flexibility index (Phi) is 3.88. The summed E-state index contributed by atoms with van der Waals surface area (Å²) < 4.78 is 11.0. The number of nitrogens with zero attached hydrogens (tertiary/aromatic N) is 1. The fraction of sp³-hybridized carbons (Fsp3) is 0.200. The summed E-state index contributed by atoms with van der Waals surface area (Å²) in [6.45, 7) is 1.69. The number of rotatable bonds is 3. The number of carbonyl (C=O) groups excluding carboxylic acids is 2. The number of amides is 1. The predicted octanol–water partition coefficient (Wildman–Crippen LogP) is 3.86. The topological polar surface area (TPSA) is 80.0 Å². The first-order valence-corrected chi connectivity index (χ1v) is 8.38. The van der Waals surface area contributed by atoms with Crippen molar-refractivity contribution in [3.8, 4) is 22.8 Å². The average molecular weight is 351 g/mol. The molecule has 1 fully saturated rings. The van der Waals surface area contributed by atoms with Gasteiger partial charge in [-0.2, -0.15) is 0 Å². The van der Waals surface area contributed by atoms with Gasteiger partial charge in [-0.25, -0.2) is 0 Å². The number of ether oxygens (including phenoxy) is 1. The molecule has 2 aromatic carbocycles. The van der Waals surface area contributed by atoms with Crippen molar-refractivity contribution in [2.24, 2.45) is 0 Å². The number of anilines is 1. The summed E-state index contributed by atoms with van der Waals surface area (Å²) in [7, 11) is 0. The highest BCUT2D eigenvalue weighted by Gasteiger charge is 2.33. The van der Waals surface area contributed by atoms with Crippen LogP contribution >= 0.6 is 0 Å². The third-order valence-corrected chi connectivity index (χ3v) is 4.40. The highest BCUT2D eigenvalue weighted by molar-refractivity contribution is 5.97. The maximum atomic E-state index is 12.1. The summed E-state index contributed by atoms with van der Waals surface area (Å²) >= 11 is 0. The van der Waals surface area contributed by atoms with E-state index in [1.165, 1.54) is 11.8 Å². The second-order valence-electron chi connectivity index (χ2n) is 6.22. The Hall–Kier alpha value is -3.28. The van der Waals surface area contributed by atoms with Crippen molar-refractivity contribution < 1.29 is 23.8 Å². The molecule has 132 valence electrons. The van der Waals surface area contributed by atoms with Crippen LogP contribution in [0.15, 0.2) is 46.9 Å². The number of carbonyl (C=O) groups is 2. The van der Waals surface area contributed by atoms with Gasteiger partial charge in [0.1, 0.15) is 0 Å². The second kappa shape index (κ2) is 6.22. The highest BCUT2D eigenvalue weighted by Crippen LogP contribution is 2.48. The summed E-state index contributed by atoms with van der Waals surface area (Å²) in [6, 6.07) is 13.4. The Morgan fingerprint density at radius 2 is 1.96 bits per heavy atom. The summed E-state index contributed by atoms with van der Waals surface area (Å²) in [5, 5.41) is 12.7. The lowest BCUT2D eigenvalue weighted by Gasteiger charge is -2.13. The van der Waals surface area contributed by atoms with E-state index < -0.39 is 5.97 Å². The molecule has 0 radical (unpaired) electrons. The molecule has 2 heterocycles. The van der Waals surface area contributed by atoms with Crippen LogP contribution in [-0.2, 0) is 9.59 Å². The van der Waals surface area contributed by atoms with Crippen molar-refractivity contribution in [1.29, 1.82) is 0 Å². The molecule has 0 bridgehead atoms. The van der Waals surface area contributed by atoms with Crippen LogP contribution < -0.4 is 9.64 Å². The van der Waals surface area contributed by atoms with E-state index in [-0.39, 0.29) is 29.1 Å². The summed E-state index contributed by atoms with van der Waals surface area (Å²) in [4.78, 5) is 24.9. The quantitative estimate of drug-likeness (QED) is 0.725. The average Bonchev–Trinajstić information content (AvgIpc) is 3.18. The smallest absolute Gasteiger partial charge is 0.308 e. The van der Waals surface area contributed by atoms with E-state index in [4.69, 9.17) is 9.15 Å². The third-order valence-electron chi connectivity index (χ3n) is 4.40. The highest BCUT2D eigenvalue weighted by atomic mass is 16.6. The van der Waals surface area contributed by atoms with Gasteiger partial charge < -0.3 is 14.3 Å². The second-order valence-corrected chi connectivity index (χ2v) is 6.22. The minimum atomic E-state index is -0.598. The molecule has 1 amide bonds. The van der Waals surface area contributed by atoms with Crippen LogP contribution in [0.4, 0.5) is 5.88 Å². The number of furan rings is 1. The van der Waals surface area contributed by atoms with Crippen molar-refractivity contribution in [2.45, 2.75) is 19.8 Å². The Labute approximate surface area is 149 Å². The van der Waals surface area contributed by atoms with Crippen LogP contribution in [0.25, 0.3) is 22.1 Å². The summed E-state index contributed by atoms with van der Waals surface area (Å²) in [5.74, 6) is -0.887. The summed E-state index contributed by atoms with van der Waals surface area (Å²) in [6.07, 6.45) is 1.08. The molecule has 0 spiro atoms. The first-order chi connectivity index (χ1) is 12.5. The lowest BCUT2D eigenvalue weighted by Crippen LogP contribution is -2.24. The zero-order valence-electron chi connectivity index (χ0n) is 14.2. The maximum Gasteiger partial charge on any atom is 0.308 e. The van der Waals surface area contributed by atoms with Crippen LogP contribution in [-0.4, -0.2) is 23.5 Å². The number of hydrogen-bond donors (Lipinski definition) is 1. The molecule has 0 unspecified atom stereocenters. The first-order valence-electron chi connectivity index (χ1n) is 8.38. The van der Waals surface area contributed by atoms with Gasteiger partial charge in [0.15, 0.2) is 5.76 Å². The number of esters is 1. The zero-order valence-corrected chi connectivity index (χ0v) is 14.2. The standard InChI is InChI=1S/C20H17NO5/c1-12(22)25-19-17(24)18(26-20(19)21-10-4-7-16(21)23)15-9-8-13-5-2-3-6-14(13)11-15/h2-3,5-6,8-9,11,24H,4,7,10H2,1H3. The third kappa shape index (κ3) is 2.69. The lowest BCUT2D eigenvalue weighted by atomic mass is 10.1. The van der Waals surface area contributed by atoms with E-state index in [2.05, 4.69) is 0 Å². The van der Waals surface area contributed by atoms with E-state index in [1.54, 1.807) is 0 Å². The van der Waals surface area contributed by atoms with Gasteiger partial charge in [-0.1, -0.05) is 36.4 Å². The molecule has 1 aromatic heterocycles. The number of hydrogen-bond acceptors (Lipinski definition) is 5. The van der Waals surface area contributed by atoms with Crippen LogP contribution in [0.3, 0.4) is 0 Å². The Bertz CT molecular complexity index is 1020. The first kappa shape index (κ1) is 16.2. The molecule has 1 aliphatic heterocycles. The van der Waals surface area contributed by atoms with Gasteiger partial charge in [-0.15, -0.1) is 0 Å². The number of fused-ring (bicyclic) bond motifs is 1. The molecule has 1 aliphatic rings. The van der Waals surface area contributed by atoms with E-state index >= 15 is 0 Å². The van der Waals surface area contributed by atoms with E-state index in [1.807, 2.05) is 42.5 Å². The maximum absolute atomic E-state index is 12.1. The minimum Gasteiger partial charge on any atom is -0.502 e. The van der Waals surface area contributed by atoms with Gasteiger partial charge in [0, 0.05) is 25.5 Å². The van der Waals surface area contributed by atoms with Crippen molar-refractivity contribution in [3.63, 3.8) is 0 Å². The predicted molar refractivity (Wildman–Crippen MR) is 96.2 cm³/mol. The normalized spacial score (nSPS) is 14.2. The number of benzene rings is 2. The Morgan fingerprint density at radius 3 is 2.65 bits per heavy atom. The molecule has 3 aromatic rings. The van der Waals surface area contributed by atoms with Crippen LogP contribution in [0.1, 0.15) is 19.8 Å². The zero-order chi connectivity index (χ0) is 18.3. The van der Waals surface area contributed by atoms with Gasteiger partial charge in [-0.05, 0) is 23.3 Å². The molecule has 1 saturated heterocycles.